The first-order valence-corrected chi connectivity index (χ1v) is 6.19. The fourth-order valence-corrected chi connectivity index (χ4v) is 1.47. The molecule has 1 aliphatic rings. The van der Waals surface area contributed by atoms with Crippen LogP contribution in [0.25, 0.3) is 0 Å². The van der Waals surface area contributed by atoms with E-state index in [4.69, 9.17) is 0 Å². The zero-order valence-electron chi connectivity index (χ0n) is 11.4. The van der Waals surface area contributed by atoms with Crippen LogP contribution in [-0.4, -0.2) is 53.8 Å². The predicted octanol–water partition coefficient (Wildman–Crippen LogP) is -1.38. The Morgan fingerprint density at radius 1 is 1.43 bits per heavy atom. The van der Waals surface area contributed by atoms with Crippen molar-refractivity contribution >= 4 is 23.8 Å². The summed E-state index contributed by atoms with van der Waals surface area (Å²) in [7, 11) is 1.18. The average molecular weight is 300 g/mol. The maximum atomic E-state index is 11.4. The van der Waals surface area contributed by atoms with Crippen molar-refractivity contribution in [2.24, 2.45) is 0 Å². The summed E-state index contributed by atoms with van der Waals surface area (Å²) in [6.07, 6.45) is 0.913. The molecule has 1 unspecified atom stereocenters. The van der Waals surface area contributed by atoms with Gasteiger partial charge >= 0.3 is 11.9 Å². The number of hydrogen-bond donors (Lipinski definition) is 2. The van der Waals surface area contributed by atoms with Crippen LogP contribution in [0.3, 0.4) is 0 Å². The van der Waals surface area contributed by atoms with Gasteiger partial charge in [0.2, 0.25) is 5.91 Å². The number of amides is 2. The third-order valence-electron chi connectivity index (χ3n) is 2.53. The second-order valence-electron chi connectivity index (χ2n) is 4.10. The molecule has 116 valence electrons. The molecular weight excluding hydrogens is 284 g/mol. The largest absolute Gasteiger partial charge is 0.466 e. The normalized spacial score (nSPS) is 17.9. The maximum Gasteiger partial charge on any atom is 0.334 e. The van der Waals surface area contributed by atoms with Crippen LogP contribution in [0.1, 0.15) is 19.3 Å². The topological polar surface area (TPSA) is 122 Å². The number of carbonyl (C=O) groups excluding carboxylic acids is 4. The van der Waals surface area contributed by atoms with Crippen molar-refractivity contribution in [3.05, 3.63) is 12.2 Å². The average Bonchev–Trinajstić information content (AvgIpc) is 2.76. The first-order chi connectivity index (χ1) is 9.93. The van der Waals surface area contributed by atoms with Gasteiger partial charge in [-0.2, -0.15) is 0 Å². The Bertz CT molecular complexity index is 461. The Balaban J connectivity index is 2.24. The number of nitrogens with zero attached hydrogens (tertiary/aromatic N) is 1. The van der Waals surface area contributed by atoms with Crippen LogP contribution in [0.4, 0.5) is 0 Å². The molecule has 1 aliphatic heterocycles. The van der Waals surface area contributed by atoms with Gasteiger partial charge in [0.1, 0.15) is 0 Å². The maximum absolute atomic E-state index is 11.4. The van der Waals surface area contributed by atoms with Crippen LogP contribution in [0.2, 0.25) is 0 Å². The van der Waals surface area contributed by atoms with Gasteiger partial charge in [-0.15, -0.1) is 5.06 Å². The molecule has 1 heterocycles. The van der Waals surface area contributed by atoms with Crippen LogP contribution in [0.15, 0.2) is 12.2 Å². The quantitative estimate of drug-likeness (QED) is 0.458. The number of methoxy groups -OCH3 is 1. The summed E-state index contributed by atoms with van der Waals surface area (Å²) in [6.45, 7) is -0.0404. The minimum atomic E-state index is -1.13. The molecule has 2 amide bonds. The Labute approximate surface area is 120 Å². The van der Waals surface area contributed by atoms with Gasteiger partial charge in [0.25, 0.3) is 5.91 Å². The van der Waals surface area contributed by atoms with Crippen LogP contribution in [0, 0.1) is 0 Å². The van der Waals surface area contributed by atoms with Gasteiger partial charge in [-0.1, -0.05) is 0 Å². The molecule has 1 atom stereocenters. The molecule has 1 rings (SSSR count). The molecule has 1 saturated heterocycles. The summed E-state index contributed by atoms with van der Waals surface area (Å²) in [5.41, 5.74) is 0. The summed E-state index contributed by atoms with van der Waals surface area (Å²) in [5, 5.41) is 12.3. The highest BCUT2D eigenvalue weighted by Crippen LogP contribution is 2.16. The van der Waals surface area contributed by atoms with Gasteiger partial charge in [-0.25, -0.2) is 9.59 Å². The molecule has 21 heavy (non-hydrogen) atoms. The van der Waals surface area contributed by atoms with Crippen LogP contribution < -0.4 is 5.32 Å². The lowest BCUT2D eigenvalue weighted by atomic mass is 10.4. The zero-order valence-corrected chi connectivity index (χ0v) is 11.4. The van der Waals surface area contributed by atoms with Crippen molar-refractivity contribution in [3.8, 4) is 0 Å². The summed E-state index contributed by atoms with van der Waals surface area (Å²) in [5.74, 6) is -2.49. The molecule has 0 aromatic carbocycles. The first-order valence-electron chi connectivity index (χ1n) is 6.19. The van der Waals surface area contributed by atoms with E-state index in [0.29, 0.717) is 5.06 Å². The molecule has 0 aromatic heterocycles. The second-order valence-corrected chi connectivity index (χ2v) is 4.10. The molecule has 0 aromatic rings. The van der Waals surface area contributed by atoms with Gasteiger partial charge in [0.05, 0.1) is 13.5 Å². The molecule has 0 bridgehead atoms. The summed E-state index contributed by atoms with van der Waals surface area (Å²) < 4.78 is 4.30. The van der Waals surface area contributed by atoms with Gasteiger partial charge in [0.15, 0.2) is 6.23 Å². The van der Waals surface area contributed by atoms with Gasteiger partial charge in [0, 0.05) is 31.5 Å². The van der Waals surface area contributed by atoms with Crippen molar-refractivity contribution in [1.29, 1.82) is 0 Å². The number of carbonyl (C=O) groups is 4. The van der Waals surface area contributed by atoms with E-state index in [2.05, 4.69) is 14.9 Å². The monoisotopic (exact) mass is 300 g/mol. The van der Waals surface area contributed by atoms with Crippen LogP contribution >= 0.6 is 0 Å². The first kappa shape index (κ1) is 16.6. The van der Waals surface area contributed by atoms with E-state index in [1.54, 1.807) is 0 Å². The molecular formula is C12H16N2O7. The lowest BCUT2D eigenvalue weighted by molar-refractivity contribution is -0.220. The van der Waals surface area contributed by atoms with Crippen molar-refractivity contribution in [3.63, 3.8) is 0 Å². The van der Waals surface area contributed by atoms with Gasteiger partial charge in [-0.3, -0.25) is 9.59 Å². The number of ether oxygens (including phenoxy) is 1. The van der Waals surface area contributed by atoms with E-state index < -0.39 is 30.0 Å². The Morgan fingerprint density at radius 3 is 2.71 bits per heavy atom. The van der Waals surface area contributed by atoms with Gasteiger partial charge in [-0.05, 0) is 0 Å². The van der Waals surface area contributed by atoms with E-state index in [0.717, 1.165) is 12.2 Å². The smallest absolute Gasteiger partial charge is 0.334 e. The van der Waals surface area contributed by atoms with E-state index in [1.165, 1.54) is 7.11 Å². The van der Waals surface area contributed by atoms with Crippen molar-refractivity contribution in [2.75, 3.05) is 13.7 Å². The highest BCUT2D eigenvalue weighted by Gasteiger charge is 2.32. The number of aliphatic hydroxyl groups excluding tert-OH is 1. The molecule has 9 heteroatoms. The number of nitrogens with one attached hydrogen (secondary N) is 1. The third-order valence-corrected chi connectivity index (χ3v) is 2.53. The zero-order chi connectivity index (χ0) is 15.8. The fourth-order valence-electron chi connectivity index (χ4n) is 1.47. The predicted molar refractivity (Wildman–Crippen MR) is 67.0 cm³/mol. The second kappa shape index (κ2) is 8.00. The SMILES string of the molecule is COC(=O)/C=C\C(=O)NCCC(=O)ON1C(=O)CCC1O. The molecule has 9 nitrogen and oxygen atoms in total. The molecule has 0 spiro atoms. The summed E-state index contributed by atoms with van der Waals surface area (Å²) in [6, 6.07) is 0. The number of hydrogen-bond acceptors (Lipinski definition) is 7. The molecule has 2 N–H and O–H groups in total. The lowest BCUT2D eigenvalue weighted by Crippen LogP contribution is -2.36. The third kappa shape index (κ3) is 5.61. The van der Waals surface area contributed by atoms with E-state index in [1.807, 2.05) is 0 Å². The molecule has 0 aliphatic carbocycles. The summed E-state index contributed by atoms with van der Waals surface area (Å²) in [4.78, 5) is 49.3. The number of rotatable bonds is 6. The van der Waals surface area contributed by atoms with Crippen molar-refractivity contribution in [1.82, 2.24) is 10.4 Å². The molecule has 1 fully saturated rings. The number of hydroxylamine groups is 2. The Kier molecular flexibility index (Phi) is 6.34. The highest BCUT2D eigenvalue weighted by molar-refractivity contribution is 5.94. The Morgan fingerprint density at radius 2 is 2.14 bits per heavy atom. The summed E-state index contributed by atoms with van der Waals surface area (Å²) >= 11 is 0. The minimum absolute atomic E-state index is 0.0404. The van der Waals surface area contributed by atoms with E-state index >= 15 is 0 Å². The lowest BCUT2D eigenvalue weighted by Gasteiger charge is -2.18. The highest BCUT2D eigenvalue weighted by atomic mass is 16.7. The molecule has 0 radical (unpaired) electrons. The van der Waals surface area contributed by atoms with Gasteiger partial charge < -0.3 is 20.0 Å². The Hall–Kier alpha value is -2.42. The van der Waals surface area contributed by atoms with Crippen molar-refractivity contribution in [2.45, 2.75) is 25.5 Å². The van der Waals surface area contributed by atoms with Crippen LogP contribution in [0.5, 0.6) is 0 Å². The molecule has 0 saturated carbocycles. The van der Waals surface area contributed by atoms with E-state index in [-0.39, 0.29) is 25.8 Å². The van der Waals surface area contributed by atoms with E-state index in [9.17, 15) is 24.3 Å². The van der Waals surface area contributed by atoms with Crippen molar-refractivity contribution < 1.29 is 33.9 Å². The fraction of sp³-hybridized carbons (Fsp3) is 0.500. The van der Waals surface area contributed by atoms with Crippen LogP contribution in [-0.2, 0) is 28.8 Å². The number of esters is 1. The minimum Gasteiger partial charge on any atom is -0.466 e. The standard InChI is InChI=1S/C12H16N2O7/c1-20-11(18)5-2-8(15)13-7-6-12(19)21-14-9(16)3-4-10(14)17/h2,5,9,16H,3-4,6-7H2,1H3,(H,13,15)/b5-2-. The number of aliphatic hydroxyl groups is 1.